The van der Waals surface area contributed by atoms with Crippen LogP contribution in [0.15, 0.2) is 0 Å². The summed E-state index contributed by atoms with van der Waals surface area (Å²) in [4.78, 5) is 21.6. The quantitative estimate of drug-likeness (QED) is 0.329. The highest BCUT2D eigenvalue weighted by Crippen LogP contribution is 2.22. The molecule has 0 aromatic carbocycles. The van der Waals surface area contributed by atoms with Crippen molar-refractivity contribution >= 4 is 11.9 Å². The Bertz CT molecular complexity index is 377. The molecule has 0 saturated carbocycles. The van der Waals surface area contributed by atoms with Crippen molar-refractivity contribution in [2.24, 2.45) is 0 Å². The Morgan fingerprint density at radius 3 is 2.45 bits per heavy atom. The van der Waals surface area contributed by atoms with Gasteiger partial charge in [-0.2, -0.15) is 0 Å². The number of nitrogens with one attached hydrogen (secondary N) is 1. The monoisotopic (exact) mass is 321 g/mol. The molecule has 1 heterocycles. The number of aliphatic carboxylic acids is 1. The number of unbranched alkanes of at least 4 members (excludes halogenated alkanes) is 1. The van der Waals surface area contributed by atoms with Crippen molar-refractivity contribution in [2.75, 3.05) is 13.2 Å². The number of amides is 1. The molecule has 1 aliphatic rings. The van der Waals surface area contributed by atoms with Crippen molar-refractivity contribution in [3.8, 4) is 0 Å². The van der Waals surface area contributed by atoms with Gasteiger partial charge in [-0.15, -0.1) is 0 Å². The highest BCUT2D eigenvalue weighted by molar-refractivity contribution is 5.73. The molecule has 0 aromatic rings. The molecule has 1 amide bonds. The van der Waals surface area contributed by atoms with E-state index in [4.69, 9.17) is 19.7 Å². The van der Waals surface area contributed by atoms with Gasteiger partial charge >= 0.3 is 5.97 Å². The third kappa shape index (κ3) is 5.50. The molecule has 9 nitrogen and oxygen atoms in total. The fraction of sp³-hybridized carbons (Fsp3) is 0.846. The Morgan fingerprint density at radius 2 is 1.91 bits per heavy atom. The summed E-state index contributed by atoms with van der Waals surface area (Å²) in [5, 5.41) is 39.9. The minimum Gasteiger partial charge on any atom is -0.481 e. The van der Waals surface area contributed by atoms with Crippen LogP contribution < -0.4 is 5.32 Å². The van der Waals surface area contributed by atoms with Crippen molar-refractivity contribution < 1.29 is 39.5 Å². The number of rotatable bonds is 8. The van der Waals surface area contributed by atoms with Gasteiger partial charge < -0.3 is 35.2 Å². The molecule has 1 saturated heterocycles. The second kappa shape index (κ2) is 9.01. The first kappa shape index (κ1) is 18.8. The lowest BCUT2D eigenvalue weighted by Gasteiger charge is -2.42. The third-order valence-corrected chi connectivity index (χ3v) is 3.32. The van der Waals surface area contributed by atoms with Gasteiger partial charge in [0, 0.05) is 20.0 Å². The van der Waals surface area contributed by atoms with Gasteiger partial charge in [-0.05, 0) is 12.8 Å². The Morgan fingerprint density at radius 1 is 1.23 bits per heavy atom. The van der Waals surface area contributed by atoms with Crippen molar-refractivity contribution in [1.29, 1.82) is 0 Å². The van der Waals surface area contributed by atoms with Gasteiger partial charge in [0.2, 0.25) is 5.91 Å². The number of aliphatic hydroxyl groups is 3. The molecule has 128 valence electrons. The fourth-order valence-corrected chi connectivity index (χ4v) is 2.19. The topological polar surface area (TPSA) is 146 Å². The Kier molecular flexibility index (Phi) is 7.69. The van der Waals surface area contributed by atoms with E-state index in [0.29, 0.717) is 12.8 Å². The lowest BCUT2D eigenvalue weighted by molar-refractivity contribution is -0.270. The standard InChI is InChI=1S/C13H23NO8/c1-7(16)14-10-12(20)11(19)8(6-15)22-13(10)21-5-3-2-4-9(17)18/h8,10-13,15,19-20H,2-6H2,1H3,(H,14,16)(H,17,18)/t8-,10-,11-,12-,13+/m1/s1. The zero-order valence-corrected chi connectivity index (χ0v) is 12.3. The number of carboxylic acids is 1. The predicted molar refractivity (Wildman–Crippen MR) is 72.8 cm³/mol. The molecule has 0 radical (unpaired) electrons. The molecule has 0 bridgehead atoms. The first-order chi connectivity index (χ1) is 10.4. The van der Waals surface area contributed by atoms with E-state index in [2.05, 4.69) is 5.32 Å². The number of hydrogen-bond acceptors (Lipinski definition) is 7. The van der Waals surface area contributed by atoms with E-state index in [0.717, 1.165) is 0 Å². The van der Waals surface area contributed by atoms with Crippen LogP contribution >= 0.6 is 0 Å². The summed E-state index contributed by atoms with van der Waals surface area (Å²) < 4.78 is 10.8. The van der Waals surface area contributed by atoms with Gasteiger partial charge in [-0.25, -0.2) is 0 Å². The SMILES string of the molecule is CC(=O)N[C@H]1[C@@H](OCCCCC(=O)O)O[C@H](CO)[C@@H](O)[C@@H]1O. The van der Waals surface area contributed by atoms with E-state index < -0.39 is 49.1 Å². The van der Waals surface area contributed by atoms with Crippen LogP contribution in [0.2, 0.25) is 0 Å². The summed E-state index contributed by atoms with van der Waals surface area (Å²) in [6.45, 7) is 0.903. The second-order valence-corrected chi connectivity index (χ2v) is 5.15. The number of carboxylic acid groups (broad SMARTS) is 1. The number of ether oxygens (including phenoxy) is 2. The first-order valence-corrected chi connectivity index (χ1v) is 7.09. The van der Waals surface area contributed by atoms with E-state index in [9.17, 15) is 19.8 Å². The van der Waals surface area contributed by atoms with Crippen molar-refractivity contribution in [2.45, 2.75) is 56.8 Å². The Labute approximate surface area is 127 Å². The van der Waals surface area contributed by atoms with Crippen LogP contribution in [-0.4, -0.2) is 76.2 Å². The second-order valence-electron chi connectivity index (χ2n) is 5.15. The first-order valence-electron chi connectivity index (χ1n) is 7.09. The molecule has 5 N–H and O–H groups in total. The Hall–Kier alpha value is -1.26. The van der Waals surface area contributed by atoms with Crippen LogP contribution in [0.25, 0.3) is 0 Å². The van der Waals surface area contributed by atoms with Crippen LogP contribution in [-0.2, 0) is 19.1 Å². The van der Waals surface area contributed by atoms with Gasteiger partial charge in [-0.1, -0.05) is 0 Å². The molecule has 0 spiro atoms. The minimum atomic E-state index is -1.35. The van der Waals surface area contributed by atoms with Gasteiger partial charge in [-0.3, -0.25) is 9.59 Å². The number of aliphatic hydroxyl groups excluding tert-OH is 3. The number of carbonyl (C=O) groups excluding carboxylic acids is 1. The van der Waals surface area contributed by atoms with E-state index in [1.165, 1.54) is 6.92 Å². The maximum absolute atomic E-state index is 11.2. The average molecular weight is 321 g/mol. The molecular weight excluding hydrogens is 298 g/mol. The largest absolute Gasteiger partial charge is 0.481 e. The van der Waals surface area contributed by atoms with Gasteiger partial charge in [0.05, 0.1) is 6.61 Å². The molecule has 1 aliphatic heterocycles. The maximum atomic E-state index is 11.2. The van der Waals surface area contributed by atoms with Crippen molar-refractivity contribution in [1.82, 2.24) is 5.32 Å². The smallest absolute Gasteiger partial charge is 0.303 e. The summed E-state index contributed by atoms with van der Waals surface area (Å²) >= 11 is 0. The number of carbonyl (C=O) groups is 2. The molecule has 0 aromatic heterocycles. The Balaban J connectivity index is 2.57. The predicted octanol–water partition coefficient (Wildman–Crippen LogP) is -1.80. The van der Waals surface area contributed by atoms with Crippen molar-refractivity contribution in [3.63, 3.8) is 0 Å². The highest BCUT2D eigenvalue weighted by Gasteiger charge is 2.45. The van der Waals surface area contributed by atoms with Crippen LogP contribution in [0.1, 0.15) is 26.2 Å². The average Bonchev–Trinajstić information content (AvgIpc) is 2.45. The van der Waals surface area contributed by atoms with E-state index in [1.807, 2.05) is 0 Å². The molecular formula is C13H23NO8. The van der Waals surface area contributed by atoms with Gasteiger partial charge in [0.15, 0.2) is 6.29 Å². The molecule has 5 atom stereocenters. The molecule has 1 fully saturated rings. The van der Waals surface area contributed by atoms with Gasteiger partial charge in [0.25, 0.3) is 0 Å². The zero-order valence-electron chi connectivity index (χ0n) is 12.3. The molecule has 0 unspecified atom stereocenters. The lowest BCUT2D eigenvalue weighted by atomic mass is 9.97. The zero-order chi connectivity index (χ0) is 16.7. The van der Waals surface area contributed by atoms with E-state index in [-0.39, 0.29) is 13.0 Å². The van der Waals surface area contributed by atoms with Crippen LogP contribution in [0.5, 0.6) is 0 Å². The number of hydrogen-bond donors (Lipinski definition) is 5. The summed E-state index contributed by atoms with van der Waals surface area (Å²) in [5.74, 6) is -1.33. The summed E-state index contributed by atoms with van der Waals surface area (Å²) in [6, 6.07) is -0.977. The van der Waals surface area contributed by atoms with E-state index >= 15 is 0 Å². The van der Waals surface area contributed by atoms with E-state index in [1.54, 1.807) is 0 Å². The highest BCUT2D eigenvalue weighted by atomic mass is 16.7. The van der Waals surface area contributed by atoms with Gasteiger partial charge in [0.1, 0.15) is 24.4 Å². The normalized spacial score (nSPS) is 31.7. The summed E-state index contributed by atoms with van der Waals surface area (Å²) in [6.07, 6.45) is -3.87. The molecule has 1 rings (SSSR count). The summed E-state index contributed by atoms with van der Waals surface area (Å²) in [5.41, 5.74) is 0. The fourth-order valence-electron chi connectivity index (χ4n) is 2.19. The van der Waals surface area contributed by atoms with Crippen LogP contribution in [0.4, 0.5) is 0 Å². The third-order valence-electron chi connectivity index (χ3n) is 3.32. The minimum absolute atomic E-state index is 0.0185. The van der Waals surface area contributed by atoms with Crippen LogP contribution in [0.3, 0.4) is 0 Å². The molecule has 22 heavy (non-hydrogen) atoms. The molecule has 0 aliphatic carbocycles. The van der Waals surface area contributed by atoms with Crippen LogP contribution in [0, 0.1) is 0 Å². The summed E-state index contributed by atoms with van der Waals surface area (Å²) in [7, 11) is 0. The molecule has 9 heteroatoms. The van der Waals surface area contributed by atoms with Crippen molar-refractivity contribution in [3.05, 3.63) is 0 Å². The maximum Gasteiger partial charge on any atom is 0.303 e. The lowest BCUT2D eigenvalue weighted by Crippen LogP contribution is -2.64.